The van der Waals surface area contributed by atoms with Crippen LogP contribution in [-0.4, -0.2) is 60.2 Å². The van der Waals surface area contributed by atoms with E-state index in [0.717, 1.165) is 12.8 Å². The van der Waals surface area contributed by atoms with Gasteiger partial charge in [0.15, 0.2) is 14.4 Å². The molecule has 2 saturated heterocycles. The summed E-state index contributed by atoms with van der Waals surface area (Å²) in [6.45, 7) is 11.3. The third kappa shape index (κ3) is 2.54. The zero-order chi connectivity index (χ0) is 15.3. The number of amides is 1. The summed E-state index contributed by atoms with van der Waals surface area (Å²) in [4.78, 5) is 13.7. The van der Waals surface area contributed by atoms with Crippen molar-refractivity contribution in [3.05, 3.63) is 0 Å². The van der Waals surface area contributed by atoms with Crippen molar-refractivity contribution in [2.45, 2.75) is 76.1 Å². The third-order valence-electron chi connectivity index (χ3n) is 5.11. The van der Waals surface area contributed by atoms with Crippen LogP contribution in [-0.2, 0) is 9.22 Å². The minimum Gasteiger partial charge on any atom is -0.409 e. The zero-order valence-corrected chi connectivity index (χ0v) is 14.1. The van der Waals surface area contributed by atoms with Crippen molar-refractivity contribution in [2.24, 2.45) is 0 Å². The van der Waals surface area contributed by atoms with E-state index in [1.54, 1.807) is 4.90 Å². The van der Waals surface area contributed by atoms with Crippen molar-refractivity contribution in [1.82, 2.24) is 4.90 Å². The van der Waals surface area contributed by atoms with Crippen LogP contribution in [0.15, 0.2) is 0 Å². The molecule has 2 rings (SSSR count). The molecule has 20 heavy (non-hydrogen) atoms. The van der Waals surface area contributed by atoms with Crippen LogP contribution in [0.25, 0.3) is 0 Å². The number of hydrogen-bond acceptors (Lipinski definition) is 4. The van der Waals surface area contributed by atoms with Crippen molar-refractivity contribution < 1.29 is 19.4 Å². The third-order valence-corrected chi connectivity index (χ3v) is 9.59. The Labute approximate surface area is 122 Å². The van der Waals surface area contributed by atoms with E-state index in [0.29, 0.717) is 6.54 Å². The van der Waals surface area contributed by atoms with Crippen LogP contribution in [0.2, 0.25) is 18.1 Å². The molecule has 2 N–H and O–H groups in total. The molecule has 2 aliphatic rings. The standard InChI is InChI=1S/C14H27NO4Si/c1-14(2,3)20(4,5)19-12-9-7-6-8-15(9)13(18)11(17)10(12)16/h9-12,16-17H,6-8H2,1-5H3/t9-,10+,11-,12+/m0/s1. The first-order valence-corrected chi connectivity index (χ1v) is 10.3. The molecule has 0 spiro atoms. The van der Waals surface area contributed by atoms with Crippen LogP contribution < -0.4 is 0 Å². The van der Waals surface area contributed by atoms with Crippen LogP contribution in [0.4, 0.5) is 0 Å². The second-order valence-corrected chi connectivity index (χ2v) is 12.3. The van der Waals surface area contributed by atoms with Gasteiger partial charge >= 0.3 is 0 Å². The minimum absolute atomic E-state index is 0.0303. The van der Waals surface area contributed by atoms with Crippen molar-refractivity contribution in [1.29, 1.82) is 0 Å². The van der Waals surface area contributed by atoms with Gasteiger partial charge in [0.25, 0.3) is 5.91 Å². The molecule has 0 aliphatic carbocycles. The van der Waals surface area contributed by atoms with Gasteiger partial charge in [0.05, 0.1) is 12.1 Å². The summed E-state index contributed by atoms with van der Waals surface area (Å²) in [5.74, 6) is -0.352. The number of aliphatic hydroxyl groups excluding tert-OH is 2. The molecule has 0 aromatic carbocycles. The van der Waals surface area contributed by atoms with E-state index in [4.69, 9.17) is 4.43 Å². The molecule has 0 bridgehead atoms. The summed E-state index contributed by atoms with van der Waals surface area (Å²) < 4.78 is 6.32. The van der Waals surface area contributed by atoms with Crippen LogP contribution in [0, 0.1) is 0 Å². The van der Waals surface area contributed by atoms with Gasteiger partial charge in [-0.05, 0) is 31.0 Å². The molecule has 1 amide bonds. The van der Waals surface area contributed by atoms with Gasteiger partial charge in [0.2, 0.25) is 0 Å². The minimum atomic E-state index is -2.05. The van der Waals surface area contributed by atoms with Crippen LogP contribution >= 0.6 is 0 Å². The lowest BCUT2D eigenvalue weighted by Gasteiger charge is -2.47. The van der Waals surface area contributed by atoms with E-state index in [2.05, 4.69) is 33.9 Å². The molecule has 5 nitrogen and oxygen atoms in total. The van der Waals surface area contributed by atoms with Crippen molar-refractivity contribution in [3.8, 4) is 0 Å². The smallest absolute Gasteiger partial charge is 0.254 e. The highest BCUT2D eigenvalue weighted by molar-refractivity contribution is 6.74. The Balaban J connectivity index is 2.23. The normalized spacial score (nSPS) is 35.4. The molecular weight excluding hydrogens is 274 g/mol. The van der Waals surface area contributed by atoms with Gasteiger partial charge in [0.1, 0.15) is 6.10 Å². The van der Waals surface area contributed by atoms with E-state index < -0.39 is 26.6 Å². The van der Waals surface area contributed by atoms with E-state index in [9.17, 15) is 15.0 Å². The number of piperidine rings is 1. The highest BCUT2D eigenvalue weighted by atomic mass is 28.4. The molecule has 6 heteroatoms. The maximum Gasteiger partial charge on any atom is 0.254 e. The predicted octanol–water partition coefficient (Wildman–Crippen LogP) is 1.10. The molecular formula is C14H27NO4Si. The summed E-state index contributed by atoms with van der Waals surface area (Å²) in [5, 5.41) is 20.3. The number of hydrogen-bond donors (Lipinski definition) is 2. The number of carbonyl (C=O) groups excluding carboxylic acids is 1. The number of rotatable bonds is 2. The SMILES string of the molecule is CC(C)(C)[Si](C)(C)O[C@H]1[C@H](O)[C@H](O)C(=O)N2CCC[C@@H]12. The molecule has 0 aromatic heterocycles. The fourth-order valence-corrected chi connectivity index (χ4v) is 4.13. The lowest BCUT2D eigenvalue weighted by atomic mass is 9.94. The van der Waals surface area contributed by atoms with Crippen LogP contribution in [0.5, 0.6) is 0 Å². The first kappa shape index (κ1) is 15.9. The highest BCUT2D eigenvalue weighted by Crippen LogP contribution is 2.40. The predicted molar refractivity (Wildman–Crippen MR) is 78.8 cm³/mol. The average Bonchev–Trinajstić information content (AvgIpc) is 2.79. The van der Waals surface area contributed by atoms with E-state index in [1.807, 2.05) is 0 Å². The van der Waals surface area contributed by atoms with Gasteiger partial charge in [-0.1, -0.05) is 20.8 Å². The van der Waals surface area contributed by atoms with Crippen molar-refractivity contribution in [2.75, 3.05) is 6.54 Å². The molecule has 0 saturated carbocycles. The zero-order valence-electron chi connectivity index (χ0n) is 13.1. The molecule has 0 aromatic rings. The Bertz CT molecular complexity index is 393. The number of nitrogens with zero attached hydrogens (tertiary/aromatic N) is 1. The van der Waals surface area contributed by atoms with Gasteiger partial charge in [-0.25, -0.2) is 0 Å². The Hall–Kier alpha value is -0.433. The lowest BCUT2D eigenvalue weighted by molar-refractivity contribution is -0.169. The van der Waals surface area contributed by atoms with Gasteiger partial charge in [0, 0.05) is 6.54 Å². The summed E-state index contributed by atoms with van der Waals surface area (Å²) in [5.41, 5.74) is 0. The number of fused-ring (bicyclic) bond motifs is 1. The Kier molecular flexibility index (Phi) is 4.05. The van der Waals surface area contributed by atoms with Crippen molar-refractivity contribution >= 4 is 14.2 Å². The molecule has 2 heterocycles. The van der Waals surface area contributed by atoms with Crippen LogP contribution in [0.1, 0.15) is 33.6 Å². The summed E-state index contributed by atoms with van der Waals surface area (Å²) in [7, 11) is -2.05. The van der Waals surface area contributed by atoms with Gasteiger partial charge in [-0.15, -0.1) is 0 Å². The quantitative estimate of drug-likeness (QED) is 0.750. The first-order chi connectivity index (χ1) is 9.06. The van der Waals surface area contributed by atoms with Gasteiger partial charge < -0.3 is 19.5 Å². The Morgan fingerprint density at radius 2 is 1.90 bits per heavy atom. The Morgan fingerprint density at radius 3 is 2.45 bits per heavy atom. The summed E-state index contributed by atoms with van der Waals surface area (Å²) in [6, 6.07) is -0.0879. The second-order valence-electron chi connectivity index (χ2n) is 7.52. The van der Waals surface area contributed by atoms with Crippen molar-refractivity contribution in [3.63, 3.8) is 0 Å². The van der Waals surface area contributed by atoms with Crippen LogP contribution in [0.3, 0.4) is 0 Å². The largest absolute Gasteiger partial charge is 0.409 e. The topological polar surface area (TPSA) is 70.0 Å². The highest BCUT2D eigenvalue weighted by Gasteiger charge is 2.52. The molecule has 2 fully saturated rings. The van der Waals surface area contributed by atoms with Gasteiger partial charge in [-0.2, -0.15) is 0 Å². The van der Waals surface area contributed by atoms with Gasteiger partial charge in [-0.3, -0.25) is 4.79 Å². The molecule has 116 valence electrons. The van der Waals surface area contributed by atoms with E-state index in [-0.39, 0.29) is 17.0 Å². The van der Waals surface area contributed by atoms with E-state index >= 15 is 0 Å². The lowest BCUT2D eigenvalue weighted by Crippen LogP contribution is -2.65. The molecule has 2 aliphatic heterocycles. The molecule has 4 atom stereocenters. The summed E-state index contributed by atoms with van der Waals surface area (Å²) >= 11 is 0. The Morgan fingerprint density at radius 1 is 1.30 bits per heavy atom. The maximum absolute atomic E-state index is 12.0. The fourth-order valence-electron chi connectivity index (χ4n) is 2.80. The maximum atomic E-state index is 12.0. The monoisotopic (exact) mass is 301 g/mol. The average molecular weight is 301 g/mol. The number of carbonyl (C=O) groups is 1. The first-order valence-electron chi connectivity index (χ1n) is 7.41. The second kappa shape index (κ2) is 5.09. The molecule has 0 unspecified atom stereocenters. The fraction of sp³-hybridized carbons (Fsp3) is 0.929. The summed E-state index contributed by atoms with van der Waals surface area (Å²) in [6.07, 6.45) is -1.18. The molecule has 0 radical (unpaired) electrons. The number of aliphatic hydroxyl groups is 2. The van der Waals surface area contributed by atoms with E-state index in [1.165, 1.54) is 0 Å².